The van der Waals surface area contributed by atoms with Crippen LogP contribution in [0.25, 0.3) is 0 Å². The quantitative estimate of drug-likeness (QED) is 0.808. The number of rotatable bonds is 4. The Bertz CT molecular complexity index is 279. The van der Waals surface area contributed by atoms with Crippen molar-refractivity contribution in [3.8, 4) is 0 Å². The van der Waals surface area contributed by atoms with Crippen LogP contribution < -0.4 is 4.72 Å². The summed E-state index contributed by atoms with van der Waals surface area (Å²) in [4.78, 5) is 0. The molecule has 0 aliphatic carbocycles. The third kappa shape index (κ3) is 3.14. The van der Waals surface area contributed by atoms with Crippen LogP contribution in [0.3, 0.4) is 0 Å². The second-order valence-electron chi connectivity index (χ2n) is 4.32. The molecule has 1 aliphatic rings. The molecule has 0 bridgehead atoms. The third-order valence-electron chi connectivity index (χ3n) is 2.57. The summed E-state index contributed by atoms with van der Waals surface area (Å²) in [5.74, 6) is 1.15. The molecule has 5 heteroatoms. The van der Waals surface area contributed by atoms with E-state index in [0.717, 1.165) is 12.2 Å². The molecule has 1 aliphatic heterocycles. The second kappa shape index (κ2) is 4.41. The number of hydrogen-bond donors (Lipinski definition) is 1. The minimum absolute atomic E-state index is 0.113. The Morgan fingerprint density at radius 2 is 2.14 bits per heavy atom. The van der Waals surface area contributed by atoms with Gasteiger partial charge in [-0.3, -0.25) is 0 Å². The molecular weight excluding hydrogens is 218 g/mol. The maximum atomic E-state index is 11.5. The minimum atomic E-state index is -3.09. The van der Waals surface area contributed by atoms with Gasteiger partial charge in [0.1, 0.15) is 0 Å². The Labute approximate surface area is 91.1 Å². The van der Waals surface area contributed by atoms with E-state index in [4.69, 9.17) is 0 Å². The highest BCUT2D eigenvalue weighted by Crippen LogP contribution is 2.37. The lowest BCUT2D eigenvalue weighted by Gasteiger charge is -2.23. The van der Waals surface area contributed by atoms with Gasteiger partial charge in [-0.2, -0.15) is 11.8 Å². The molecule has 0 saturated carbocycles. The van der Waals surface area contributed by atoms with Gasteiger partial charge in [-0.15, -0.1) is 0 Å². The van der Waals surface area contributed by atoms with Crippen molar-refractivity contribution in [2.24, 2.45) is 0 Å². The van der Waals surface area contributed by atoms with Crippen LogP contribution in [0.5, 0.6) is 0 Å². The third-order valence-corrected chi connectivity index (χ3v) is 5.89. The summed E-state index contributed by atoms with van der Waals surface area (Å²) in [6, 6.07) is 0. The fourth-order valence-corrected chi connectivity index (χ4v) is 3.59. The molecular formula is C9H19NO2S2. The first-order valence-corrected chi connectivity index (χ1v) is 7.51. The van der Waals surface area contributed by atoms with E-state index in [2.05, 4.69) is 11.6 Å². The van der Waals surface area contributed by atoms with Crippen LogP contribution in [0.2, 0.25) is 0 Å². The zero-order valence-electron chi connectivity index (χ0n) is 9.04. The van der Waals surface area contributed by atoms with Crippen LogP contribution in [0.1, 0.15) is 33.6 Å². The van der Waals surface area contributed by atoms with Crippen LogP contribution >= 0.6 is 11.8 Å². The molecule has 1 unspecified atom stereocenters. The van der Waals surface area contributed by atoms with E-state index < -0.39 is 10.0 Å². The average Bonchev–Trinajstić information content (AvgIpc) is 2.50. The lowest BCUT2D eigenvalue weighted by atomic mass is 10.1. The largest absolute Gasteiger partial charge is 0.214 e. The van der Waals surface area contributed by atoms with Crippen LogP contribution in [0.4, 0.5) is 0 Å². The Balaban J connectivity index is 2.48. The van der Waals surface area contributed by atoms with Gasteiger partial charge in [-0.05, 0) is 39.4 Å². The lowest BCUT2D eigenvalue weighted by Crippen LogP contribution is -2.39. The van der Waals surface area contributed by atoms with Gasteiger partial charge in [-0.1, -0.05) is 0 Å². The van der Waals surface area contributed by atoms with E-state index >= 15 is 0 Å². The van der Waals surface area contributed by atoms with Gasteiger partial charge in [-0.25, -0.2) is 13.1 Å². The van der Waals surface area contributed by atoms with Gasteiger partial charge >= 0.3 is 0 Å². The highest BCUT2D eigenvalue weighted by Gasteiger charge is 2.31. The minimum Gasteiger partial charge on any atom is -0.214 e. The molecule has 1 rings (SSSR count). The number of hydrogen-bond acceptors (Lipinski definition) is 3. The molecule has 1 atom stereocenters. The van der Waals surface area contributed by atoms with Crippen LogP contribution in [0, 0.1) is 0 Å². The summed E-state index contributed by atoms with van der Waals surface area (Å²) >= 11 is 1.87. The van der Waals surface area contributed by atoms with Crippen LogP contribution in [-0.4, -0.2) is 30.7 Å². The van der Waals surface area contributed by atoms with Gasteiger partial charge in [0.15, 0.2) is 0 Å². The zero-order valence-corrected chi connectivity index (χ0v) is 10.7. The first-order valence-electron chi connectivity index (χ1n) is 4.98. The standard InChI is InChI=1S/C9H19NO2S2/c1-8(2)14(11,12)10-7-9(3)5-4-6-13-9/h8,10H,4-7H2,1-3H3. The summed E-state index contributed by atoms with van der Waals surface area (Å²) in [6.07, 6.45) is 2.31. The molecule has 1 fully saturated rings. The summed E-state index contributed by atoms with van der Waals surface area (Å²) in [5.41, 5.74) is 0. The summed E-state index contributed by atoms with van der Waals surface area (Å²) in [6.45, 7) is 6.10. The first-order chi connectivity index (χ1) is 6.36. The van der Waals surface area contributed by atoms with Crippen molar-refractivity contribution >= 4 is 21.8 Å². The van der Waals surface area contributed by atoms with E-state index in [9.17, 15) is 8.42 Å². The van der Waals surface area contributed by atoms with Crippen molar-refractivity contribution in [3.05, 3.63) is 0 Å². The van der Waals surface area contributed by atoms with Crippen LogP contribution in [-0.2, 0) is 10.0 Å². The number of thioether (sulfide) groups is 1. The summed E-state index contributed by atoms with van der Waals surface area (Å²) in [7, 11) is -3.09. The predicted molar refractivity (Wildman–Crippen MR) is 62.2 cm³/mol. The van der Waals surface area contributed by atoms with Crippen LogP contribution in [0.15, 0.2) is 0 Å². The van der Waals surface area contributed by atoms with Gasteiger partial charge in [0.25, 0.3) is 0 Å². The first kappa shape index (κ1) is 12.3. The highest BCUT2D eigenvalue weighted by molar-refractivity contribution is 8.01. The topological polar surface area (TPSA) is 46.2 Å². The van der Waals surface area contributed by atoms with Crippen molar-refractivity contribution in [1.82, 2.24) is 4.72 Å². The van der Waals surface area contributed by atoms with E-state index in [1.165, 1.54) is 6.42 Å². The normalized spacial score (nSPS) is 28.6. The molecule has 0 aromatic rings. The second-order valence-corrected chi connectivity index (χ2v) is 8.32. The predicted octanol–water partition coefficient (Wildman–Crippen LogP) is 1.60. The molecule has 0 spiro atoms. The monoisotopic (exact) mass is 237 g/mol. The highest BCUT2D eigenvalue weighted by atomic mass is 32.2. The van der Waals surface area contributed by atoms with E-state index in [1.54, 1.807) is 13.8 Å². The molecule has 0 aromatic heterocycles. The maximum Gasteiger partial charge on any atom is 0.213 e. The lowest BCUT2D eigenvalue weighted by molar-refractivity contribution is 0.546. The SMILES string of the molecule is CC(C)S(=O)(=O)NCC1(C)CCCS1. The summed E-state index contributed by atoms with van der Waals surface area (Å²) < 4.78 is 25.8. The van der Waals surface area contributed by atoms with Crippen molar-refractivity contribution in [3.63, 3.8) is 0 Å². The Morgan fingerprint density at radius 3 is 2.57 bits per heavy atom. The molecule has 1 N–H and O–H groups in total. The molecule has 0 aromatic carbocycles. The smallest absolute Gasteiger partial charge is 0.213 e. The van der Waals surface area contributed by atoms with Gasteiger partial charge in [0.2, 0.25) is 10.0 Å². The molecule has 3 nitrogen and oxygen atoms in total. The Kier molecular flexibility index (Phi) is 3.88. The van der Waals surface area contributed by atoms with Crippen molar-refractivity contribution in [1.29, 1.82) is 0 Å². The van der Waals surface area contributed by atoms with Gasteiger partial charge in [0, 0.05) is 11.3 Å². The van der Waals surface area contributed by atoms with E-state index in [1.807, 2.05) is 11.8 Å². The Morgan fingerprint density at radius 1 is 1.50 bits per heavy atom. The molecule has 1 heterocycles. The molecule has 84 valence electrons. The molecule has 1 saturated heterocycles. The number of nitrogens with one attached hydrogen (secondary N) is 1. The Hall–Kier alpha value is 0.260. The molecule has 0 radical (unpaired) electrons. The molecule has 0 amide bonds. The van der Waals surface area contributed by atoms with E-state index in [0.29, 0.717) is 6.54 Å². The molecule has 14 heavy (non-hydrogen) atoms. The average molecular weight is 237 g/mol. The maximum absolute atomic E-state index is 11.5. The fraction of sp³-hybridized carbons (Fsp3) is 1.00. The summed E-state index contributed by atoms with van der Waals surface area (Å²) in [5, 5.41) is -0.336. The van der Waals surface area contributed by atoms with E-state index in [-0.39, 0.29) is 10.00 Å². The van der Waals surface area contributed by atoms with Crippen molar-refractivity contribution < 1.29 is 8.42 Å². The van der Waals surface area contributed by atoms with Crippen molar-refractivity contribution in [2.75, 3.05) is 12.3 Å². The fourth-order valence-electron chi connectivity index (χ4n) is 1.40. The number of sulfonamides is 1. The van der Waals surface area contributed by atoms with Gasteiger partial charge < -0.3 is 0 Å². The van der Waals surface area contributed by atoms with Gasteiger partial charge in [0.05, 0.1) is 5.25 Å². The van der Waals surface area contributed by atoms with Crippen molar-refractivity contribution in [2.45, 2.75) is 43.6 Å². The zero-order chi connectivity index (χ0) is 10.8.